The molecule has 3 nitrogen and oxygen atoms in total. The van der Waals surface area contributed by atoms with Crippen LogP contribution in [0.1, 0.15) is 5.56 Å². The monoisotopic (exact) mass is 275 g/mol. The Hall–Kier alpha value is -2.07. The van der Waals surface area contributed by atoms with Crippen molar-refractivity contribution >= 4 is 0 Å². The molecule has 0 unspecified atom stereocenters. The van der Waals surface area contributed by atoms with Gasteiger partial charge >= 0.3 is 0 Å². The van der Waals surface area contributed by atoms with Crippen LogP contribution in [0, 0.1) is 5.82 Å². The maximum Gasteiger partial charge on any atom is 0.169 e. The number of rotatable bonds is 7. The fraction of sp³-hybridized carbons (Fsp3) is 0.250. The Morgan fingerprint density at radius 1 is 1.05 bits per heavy atom. The van der Waals surface area contributed by atoms with E-state index in [-0.39, 0.29) is 11.6 Å². The number of para-hydroxylation sites is 1. The normalized spacial score (nSPS) is 10.3. The summed E-state index contributed by atoms with van der Waals surface area (Å²) < 4.78 is 24.3. The summed E-state index contributed by atoms with van der Waals surface area (Å²) in [6.45, 7) is 1.63. The van der Waals surface area contributed by atoms with E-state index in [1.165, 1.54) is 7.11 Å². The fourth-order valence-electron chi connectivity index (χ4n) is 1.83. The molecule has 2 rings (SSSR count). The first kappa shape index (κ1) is 14.3. The van der Waals surface area contributed by atoms with Crippen LogP contribution in [-0.4, -0.2) is 20.3 Å². The van der Waals surface area contributed by atoms with E-state index in [1.807, 2.05) is 30.3 Å². The molecule has 0 aliphatic heterocycles. The smallest absolute Gasteiger partial charge is 0.169 e. The molecule has 2 aromatic rings. The zero-order valence-electron chi connectivity index (χ0n) is 11.4. The van der Waals surface area contributed by atoms with Crippen molar-refractivity contribution in [2.45, 2.75) is 6.54 Å². The molecule has 0 aliphatic carbocycles. The number of nitrogens with one attached hydrogen (secondary N) is 1. The van der Waals surface area contributed by atoms with Crippen molar-refractivity contribution in [1.29, 1.82) is 0 Å². The quantitative estimate of drug-likeness (QED) is 0.788. The number of methoxy groups -OCH3 is 1. The van der Waals surface area contributed by atoms with Crippen molar-refractivity contribution in [3.8, 4) is 11.5 Å². The molecule has 0 aromatic heterocycles. The summed E-state index contributed by atoms with van der Waals surface area (Å²) in [5, 5.41) is 3.14. The van der Waals surface area contributed by atoms with Crippen LogP contribution in [0.3, 0.4) is 0 Å². The Kier molecular flexibility index (Phi) is 5.38. The molecule has 0 radical (unpaired) electrons. The van der Waals surface area contributed by atoms with Gasteiger partial charge in [-0.1, -0.05) is 30.3 Å². The van der Waals surface area contributed by atoms with Gasteiger partial charge in [0, 0.05) is 18.7 Å². The van der Waals surface area contributed by atoms with Crippen LogP contribution in [0.5, 0.6) is 11.5 Å². The van der Waals surface area contributed by atoms with E-state index >= 15 is 0 Å². The molecule has 0 spiro atoms. The molecule has 0 fully saturated rings. The number of benzene rings is 2. The average Bonchev–Trinajstić information content (AvgIpc) is 2.49. The highest BCUT2D eigenvalue weighted by Gasteiger charge is 2.07. The molecular formula is C16H18FNO2. The van der Waals surface area contributed by atoms with E-state index in [9.17, 15) is 4.39 Å². The summed E-state index contributed by atoms with van der Waals surface area (Å²) in [7, 11) is 1.46. The molecule has 0 saturated carbocycles. The van der Waals surface area contributed by atoms with Crippen LogP contribution in [-0.2, 0) is 6.54 Å². The predicted octanol–water partition coefficient (Wildman–Crippen LogP) is 3.00. The Morgan fingerprint density at radius 3 is 2.60 bits per heavy atom. The Bertz CT molecular complexity index is 531. The molecule has 20 heavy (non-hydrogen) atoms. The van der Waals surface area contributed by atoms with Crippen molar-refractivity contribution in [1.82, 2.24) is 5.32 Å². The molecular weight excluding hydrogens is 257 g/mol. The molecule has 1 N–H and O–H groups in total. The first-order chi connectivity index (χ1) is 9.81. The van der Waals surface area contributed by atoms with Gasteiger partial charge in [-0.3, -0.25) is 0 Å². The van der Waals surface area contributed by atoms with Crippen LogP contribution < -0.4 is 14.8 Å². The van der Waals surface area contributed by atoms with Crippen LogP contribution >= 0.6 is 0 Å². The summed E-state index contributed by atoms with van der Waals surface area (Å²) in [4.78, 5) is 0. The van der Waals surface area contributed by atoms with Gasteiger partial charge in [0.05, 0.1) is 7.11 Å². The number of hydrogen-bond acceptors (Lipinski definition) is 3. The molecule has 0 saturated heterocycles. The number of ether oxygens (including phenoxy) is 2. The second-order valence-electron chi connectivity index (χ2n) is 4.27. The largest absolute Gasteiger partial charge is 0.494 e. The van der Waals surface area contributed by atoms with Crippen LogP contribution in [0.2, 0.25) is 0 Å². The first-order valence-corrected chi connectivity index (χ1v) is 6.51. The molecule has 0 heterocycles. The maximum absolute atomic E-state index is 13.9. The maximum atomic E-state index is 13.9. The number of halogens is 1. The third-order valence-corrected chi connectivity index (χ3v) is 2.87. The number of hydrogen-bond donors (Lipinski definition) is 1. The van der Waals surface area contributed by atoms with Crippen molar-refractivity contribution in [3.05, 3.63) is 59.9 Å². The zero-order chi connectivity index (χ0) is 14.2. The highest BCUT2D eigenvalue weighted by atomic mass is 19.1. The van der Waals surface area contributed by atoms with E-state index in [1.54, 1.807) is 18.2 Å². The Labute approximate surface area is 118 Å². The average molecular weight is 275 g/mol. The first-order valence-electron chi connectivity index (χ1n) is 6.51. The van der Waals surface area contributed by atoms with Crippen molar-refractivity contribution in [3.63, 3.8) is 0 Å². The van der Waals surface area contributed by atoms with Crippen molar-refractivity contribution < 1.29 is 13.9 Å². The summed E-state index contributed by atoms with van der Waals surface area (Å²) in [6, 6.07) is 14.7. The molecule has 0 atom stereocenters. The van der Waals surface area contributed by atoms with E-state index < -0.39 is 0 Å². The van der Waals surface area contributed by atoms with Crippen LogP contribution in [0.25, 0.3) is 0 Å². The zero-order valence-corrected chi connectivity index (χ0v) is 11.4. The second-order valence-corrected chi connectivity index (χ2v) is 4.27. The topological polar surface area (TPSA) is 30.5 Å². The second kappa shape index (κ2) is 7.50. The molecule has 0 amide bonds. The highest BCUT2D eigenvalue weighted by molar-refractivity contribution is 5.30. The van der Waals surface area contributed by atoms with E-state index in [4.69, 9.17) is 9.47 Å². The van der Waals surface area contributed by atoms with Gasteiger partial charge < -0.3 is 14.8 Å². The molecule has 0 aliphatic rings. The molecule has 2 aromatic carbocycles. The van der Waals surface area contributed by atoms with E-state index in [2.05, 4.69) is 5.32 Å². The van der Waals surface area contributed by atoms with Crippen LogP contribution in [0.15, 0.2) is 48.5 Å². The van der Waals surface area contributed by atoms with E-state index in [0.29, 0.717) is 25.3 Å². The standard InChI is InChI=1S/C16H18FNO2/c1-19-15-9-5-6-13(16(15)17)12-18-10-11-20-14-7-3-2-4-8-14/h2-9,18H,10-12H2,1H3. The lowest BCUT2D eigenvalue weighted by Gasteiger charge is -2.09. The molecule has 106 valence electrons. The van der Waals surface area contributed by atoms with Crippen molar-refractivity contribution in [2.75, 3.05) is 20.3 Å². The molecule has 4 heteroatoms. The minimum atomic E-state index is -0.313. The lowest BCUT2D eigenvalue weighted by molar-refractivity contribution is 0.313. The predicted molar refractivity (Wildman–Crippen MR) is 76.6 cm³/mol. The minimum absolute atomic E-state index is 0.268. The fourth-order valence-corrected chi connectivity index (χ4v) is 1.83. The Balaban J connectivity index is 1.74. The van der Waals surface area contributed by atoms with Gasteiger partial charge in [0.25, 0.3) is 0 Å². The minimum Gasteiger partial charge on any atom is -0.494 e. The van der Waals surface area contributed by atoms with Crippen molar-refractivity contribution in [2.24, 2.45) is 0 Å². The van der Waals surface area contributed by atoms with Gasteiger partial charge in [-0.2, -0.15) is 0 Å². The highest BCUT2D eigenvalue weighted by Crippen LogP contribution is 2.19. The summed E-state index contributed by atoms with van der Waals surface area (Å²) in [5.41, 5.74) is 0.587. The SMILES string of the molecule is COc1cccc(CNCCOc2ccccc2)c1F. The summed E-state index contributed by atoms with van der Waals surface area (Å²) in [5.74, 6) is 0.790. The third-order valence-electron chi connectivity index (χ3n) is 2.87. The van der Waals surface area contributed by atoms with Gasteiger partial charge in [0.1, 0.15) is 12.4 Å². The lowest BCUT2D eigenvalue weighted by Crippen LogP contribution is -2.21. The van der Waals surface area contributed by atoms with Crippen LogP contribution in [0.4, 0.5) is 4.39 Å². The van der Waals surface area contributed by atoms with Gasteiger partial charge in [0.2, 0.25) is 0 Å². The summed E-state index contributed by atoms with van der Waals surface area (Å²) in [6.07, 6.45) is 0. The lowest BCUT2D eigenvalue weighted by atomic mass is 10.2. The third kappa shape index (κ3) is 3.96. The van der Waals surface area contributed by atoms with Gasteiger partial charge in [0.15, 0.2) is 11.6 Å². The van der Waals surface area contributed by atoms with E-state index in [0.717, 1.165) is 5.75 Å². The van der Waals surface area contributed by atoms with Gasteiger partial charge in [-0.25, -0.2) is 4.39 Å². The van der Waals surface area contributed by atoms with Gasteiger partial charge in [-0.05, 0) is 18.2 Å². The van der Waals surface area contributed by atoms with Gasteiger partial charge in [-0.15, -0.1) is 0 Å². The Morgan fingerprint density at radius 2 is 1.85 bits per heavy atom. The summed E-state index contributed by atoms with van der Waals surface area (Å²) >= 11 is 0. The molecule has 0 bridgehead atoms.